The van der Waals surface area contributed by atoms with Gasteiger partial charge in [0.1, 0.15) is 11.5 Å². The van der Waals surface area contributed by atoms with Gasteiger partial charge in [0, 0.05) is 12.2 Å². The van der Waals surface area contributed by atoms with Gasteiger partial charge in [-0.05, 0) is 43.8 Å². The van der Waals surface area contributed by atoms with E-state index in [0.29, 0.717) is 19.6 Å². The number of aryl methyl sites for hydroxylation is 1. The van der Waals surface area contributed by atoms with E-state index in [0.717, 1.165) is 22.8 Å². The first-order chi connectivity index (χ1) is 10.1. The molecule has 0 aliphatic heterocycles. The zero-order valence-electron chi connectivity index (χ0n) is 12.4. The third-order valence-corrected chi connectivity index (χ3v) is 3.11. The van der Waals surface area contributed by atoms with Gasteiger partial charge in [-0.15, -0.1) is 0 Å². The molecule has 0 unspecified atom stereocenters. The van der Waals surface area contributed by atoms with Crippen molar-refractivity contribution in [1.82, 2.24) is 4.90 Å². The Morgan fingerprint density at radius 3 is 2.52 bits per heavy atom. The summed E-state index contributed by atoms with van der Waals surface area (Å²) in [5, 5.41) is 2.86. The van der Waals surface area contributed by atoms with Crippen molar-refractivity contribution >= 4 is 11.6 Å². The summed E-state index contributed by atoms with van der Waals surface area (Å²) in [6.45, 7) is 3.31. The van der Waals surface area contributed by atoms with Crippen LogP contribution in [0.25, 0.3) is 0 Å². The lowest BCUT2D eigenvalue weighted by molar-refractivity contribution is -0.117. The number of rotatable bonds is 6. The number of furan rings is 1. The number of amides is 1. The van der Waals surface area contributed by atoms with Crippen LogP contribution in [-0.2, 0) is 17.9 Å². The van der Waals surface area contributed by atoms with Crippen molar-refractivity contribution in [3.63, 3.8) is 0 Å². The average molecular weight is 287 g/mol. The summed E-state index contributed by atoms with van der Waals surface area (Å²) in [6, 6.07) is 11.4. The molecule has 0 saturated carbocycles. The van der Waals surface area contributed by atoms with E-state index in [4.69, 9.17) is 10.2 Å². The number of anilines is 1. The van der Waals surface area contributed by atoms with E-state index in [1.807, 2.05) is 55.3 Å². The Kier molecular flexibility index (Phi) is 5.14. The van der Waals surface area contributed by atoms with E-state index in [-0.39, 0.29) is 5.91 Å². The van der Waals surface area contributed by atoms with Crippen LogP contribution in [0.15, 0.2) is 40.8 Å². The van der Waals surface area contributed by atoms with Gasteiger partial charge in [0.15, 0.2) is 0 Å². The Labute approximate surface area is 124 Å². The number of carbonyl (C=O) groups is 1. The minimum absolute atomic E-state index is 0.0544. The molecule has 1 amide bonds. The van der Waals surface area contributed by atoms with E-state index in [2.05, 4.69) is 5.32 Å². The second-order valence-electron chi connectivity index (χ2n) is 5.13. The lowest BCUT2D eigenvalue weighted by atomic mass is 10.2. The molecule has 1 aromatic carbocycles. The van der Waals surface area contributed by atoms with Crippen LogP contribution >= 0.6 is 0 Å². The van der Waals surface area contributed by atoms with Gasteiger partial charge in [-0.1, -0.05) is 12.1 Å². The van der Waals surface area contributed by atoms with Gasteiger partial charge in [-0.3, -0.25) is 9.69 Å². The van der Waals surface area contributed by atoms with E-state index in [1.165, 1.54) is 0 Å². The number of hydrogen-bond acceptors (Lipinski definition) is 4. The van der Waals surface area contributed by atoms with Crippen molar-refractivity contribution in [2.45, 2.75) is 20.0 Å². The predicted octanol–water partition coefficient (Wildman–Crippen LogP) is 2.12. The molecule has 2 rings (SSSR count). The molecule has 3 N–H and O–H groups in total. The van der Waals surface area contributed by atoms with Crippen LogP contribution in [0, 0.1) is 6.92 Å². The van der Waals surface area contributed by atoms with Crippen molar-refractivity contribution in [2.24, 2.45) is 5.73 Å². The molecule has 0 fully saturated rings. The molecule has 0 spiro atoms. The lowest BCUT2D eigenvalue weighted by Crippen LogP contribution is -2.29. The zero-order valence-corrected chi connectivity index (χ0v) is 12.4. The summed E-state index contributed by atoms with van der Waals surface area (Å²) in [6.07, 6.45) is 0. The highest BCUT2D eigenvalue weighted by molar-refractivity contribution is 5.92. The van der Waals surface area contributed by atoms with Crippen LogP contribution in [0.4, 0.5) is 5.69 Å². The summed E-state index contributed by atoms with van der Waals surface area (Å²) in [5.74, 6) is 1.68. The number of nitrogens with one attached hydrogen (secondary N) is 1. The number of benzene rings is 1. The van der Waals surface area contributed by atoms with Gasteiger partial charge in [0.25, 0.3) is 0 Å². The second kappa shape index (κ2) is 7.06. The van der Waals surface area contributed by atoms with Gasteiger partial charge in [-0.2, -0.15) is 0 Å². The van der Waals surface area contributed by atoms with Gasteiger partial charge < -0.3 is 15.5 Å². The quantitative estimate of drug-likeness (QED) is 0.853. The number of carbonyl (C=O) groups excluding carboxylic acids is 1. The Balaban J connectivity index is 1.82. The SMILES string of the molecule is Cc1ccc(CN(C)CC(=O)Nc2ccc(CN)cc2)o1. The summed E-state index contributed by atoms with van der Waals surface area (Å²) >= 11 is 0. The Hall–Kier alpha value is -2.11. The van der Waals surface area contributed by atoms with E-state index in [9.17, 15) is 4.79 Å². The Bertz CT molecular complexity index is 590. The topological polar surface area (TPSA) is 71.5 Å². The highest BCUT2D eigenvalue weighted by atomic mass is 16.3. The van der Waals surface area contributed by atoms with E-state index >= 15 is 0 Å². The van der Waals surface area contributed by atoms with Crippen molar-refractivity contribution < 1.29 is 9.21 Å². The minimum atomic E-state index is -0.0544. The van der Waals surface area contributed by atoms with Gasteiger partial charge >= 0.3 is 0 Å². The monoisotopic (exact) mass is 287 g/mol. The summed E-state index contributed by atoms with van der Waals surface area (Å²) in [7, 11) is 1.88. The molecule has 1 heterocycles. The number of nitrogens with two attached hydrogens (primary N) is 1. The number of likely N-dealkylation sites (N-methyl/N-ethyl adjacent to an activating group) is 1. The Morgan fingerprint density at radius 1 is 1.24 bits per heavy atom. The molecule has 2 aromatic rings. The summed E-state index contributed by atoms with van der Waals surface area (Å²) < 4.78 is 5.49. The van der Waals surface area contributed by atoms with Crippen molar-refractivity contribution in [3.8, 4) is 0 Å². The molecule has 0 bridgehead atoms. The van der Waals surface area contributed by atoms with Crippen LogP contribution in [0.1, 0.15) is 17.1 Å². The van der Waals surface area contributed by atoms with Gasteiger partial charge in [-0.25, -0.2) is 0 Å². The molecular weight excluding hydrogens is 266 g/mol. The molecule has 0 aliphatic rings. The smallest absolute Gasteiger partial charge is 0.238 e. The lowest BCUT2D eigenvalue weighted by Gasteiger charge is -2.15. The first-order valence-corrected chi connectivity index (χ1v) is 6.89. The number of nitrogens with zero attached hydrogens (tertiary/aromatic N) is 1. The molecule has 0 radical (unpaired) electrons. The fourth-order valence-corrected chi connectivity index (χ4v) is 2.06. The third kappa shape index (κ3) is 4.73. The highest BCUT2D eigenvalue weighted by Crippen LogP contribution is 2.10. The van der Waals surface area contributed by atoms with Crippen LogP contribution in [0.5, 0.6) is 0 Å². The highest BCUT2D eigenvalue weighted by Gasteiger charge is 2.09. The maximum Gasteiger partial charge on any atom is 0.238 e. The predicted molar refractivity (Wildman–Crippen MR) is 82.7 cm³/mol. The molecule has 0 aliphatic carbocycles. The molecular formula is C16H21N3O2. The van der Waals surface area contributed by atoms with Crippen molar-refractivity contribution in [1.29, 1.82) is 0 Å². The maximum atomic E-state index is 12.0. The van der Waals surface area contributed by atoms with Crippen molar-refractivity contribution in [3.05, 3.63) is 53.5 Å². The van der Waals surface area contributed by atoms with Gasteiger partial charge in [0.2, 0.25) is 5.91 Å². The maximum absolute atomic E-state index is 12.0. The molecule has 112 valence electrons. The first kappa shape index (κ1) is 15.3. The van der Waals surface area contributed by atoms with Crippen LogP contribution in [-0.4, -0.2) is 24.4 Å². The largest absolute Gasteiger partial charge is 0.465 e. The fourth-order valence-electron chi connectivity index (χ4n) is 2.06. The molecule has 5 nitrogen and oxygen atoms in total. The average Bonchev–Trinajstić information content (AvgIpc) is 2.84. The molecule has 0 atom stereocenters. The van der Waals surface area contributed by atoms with E-state index in [1.54, 1.807) is 0 Å². The van der Waals surface area contributed by atoms with Crippen LogP contribution in [0.2, 0.25) is 0 Å². The number of hydrogen-bond donors (Lipinski definition) is 2. The standard InChI is InChI=1S/C16H21N3O2/c1-12-3-8-15(21-12)10-19(2)11-16(20)18-14-6-4-13(9-17)5-7-14/h3-8H,9-11,17H2,1-2H3,(H,18,20). The minimum Gasteiger partial charge on any atom is -0.465 e. The molecule has 5 heteroatoms. The zero-order chi connectivity index (χ0) is 15.2. The van der Waals surface area contributed by atoms with E-state index < -0.39 is 0 Å². The summed E-state index contributed by atoms with van der Waals surface area (Å²) in [4.78, 5) is 13.9. The third-order valence-electron chi connectivity index (χ3n) is 3.11. The summed E-state index contributed by atoms with van der Waals surface area (Å²) in [5.41, 5.74) is 7.36. The van der Waals surface area contributed by atoms with Gasteiger partial charge in [0.05, 0.1) is 13.1 Å². The fraction of sp³-hybridized carbons (Fsp3) is 0.312. The second-order valence-corrected chi connectivity index (χ2v) is 5.13. The van der Waals surface area contributed by atoms with Crippen molar-refractivity contribution in [2.75, 3.05) is 18.9 Å². The van der Waals surface area contributed by atoms with Crippen LogP contribution < -0.4 is 11.1 Å². The first-order valence-electron chi connectivity index (χ1n) is 6.89. The normalized spacial score (nSPS) is 10.9. The molecule has 21 heavy (non-hydrogen) atoms. The Morgan fingerprint density at radius 2 is 1.95 bits per heavy atom. The van der Waals surface area contributed by atoms with Crippen LogP contribution in [0.3, 0.4) is 0 Å². The molecule has 0 saturated heterocycles. The molecule has 1 aromatic heterocycles.